The molecule has 1 aliphatic carbocycles. The number of rotatable bonds is 6. The van der Waals surface area contributed by atoms with Crippen LogP contribution < -0.4 is 5.32 Å². The number of aromatic nitrogens is 1. The number of nitriles is 1. The van der Waals surface area contributed by atoms with Crippen LogP contribution >= 0.6 is 11.8 Å². The van der Waals surface area contributed by atoms with Gasteiger partial charge in [0.15, 0.2) is 5.76 Å². The molecule has 2 atom stereocenters. The zero-order valence-corrected chi connectivity index (χ0v) is 18.9. The van der Waals surface area contributed by atoms with Crippen LogP contribution in [0.4, 0.5) is 8.78 Å². The average Bonchev–Trinajstić information content (AvgIpc) is 3.28. The molecule has 1 aliphatic rings. The second-order valence-corrected chi connectivity index (χ2v) is 8.90. The minimum atomic E-state index is -2.95. The third-order valence-electron chi connectivity index (χ3n) is 5.88. The maximum atomic E-state index is 14.3. The van der Waals surface area contributed by atoms with Crippen molar-refractivity contribution < 1.29 is 18.0 Å². The van der Waals surface area contributed by atoms with Crippen molar-refractivity contribution in [2.75, 3.05) is 12.8 Å². The number of benzene rings is 2. The van der Waals surface area contributed by atoms with Crippen molar-refractivity contribution in [2.24, 2.45) is 5.92 Å². The molecule has 1 aromatic heterocycles. The normalized spacial score (nSPS) is 19.6. The molecule has 1 heterocycles. The predicted molar refractivity (Wildman–Crippen MR) is 123 cm³/mol. The van der Waals surface area contributed by atoms with Crippen molar-refractivity contribution >= 4 is 17.7 Å². The first-order valence-corrected chi connectivity index (χ1v) is 11.9. The zero-order chi connectivity index (χ0) is 23.4. The lowest BCUT2D eigenvalue weighted by Crippen LogP contribution is -2.41. The molecular weight excluding hydrogens is 444 g/mol. The largest absolute Gasteiger partial charge is 0.436 e. The number of nitrogens with zero attached hydrogens (tertiary/aromatic N) is 2. The molecule has 0 spiro atoms. The number of nitrogens with one attached hydrogen (secondary N) is 1. The summed E-state index contributed by atoms with van der Waals surface area (Å²) in [5.41, 5.74) is 2.03. The highest BCUT2D eigenvalue weighted by Gasteiger charge is 2.47. The molecule has 4 rings (SSSR count). The van der Waals surface area contributed by atoms with Gasteiger partial charge in [0, 0.05) is 34.8 Å². The molecule has 2 unspecified atom stereocenters. The summed E-state index contributed by atoms with van der Waals surface area (Å²) in [6.45, 7) is -0.231. The molecule has 0 saturated heterocycles. The van der Waals surface area contributed by atoms with Crippen LogP contribution in [0.5, 0.6) is 0 Å². The van der Waals surface area contributed by atoms with Crippen LogP contribution in [0.25, 0.3) is 22.8 Å². The molecule has 1 fully saturated rings. The van der Waals surface area contributed by atoms with Crippen LogP contribution in [0, 0.1) is 17.2 Å². The summed E-state index contributed by atoms with van der Waals surface area (Å²) < 4.78 is 34.8. The molecule has 1 amide bonds. The van der Waals surface area contributed by atoms with E-state index >= 15 is 0 Å². The Morgan fingerprint density at radius 3 is 2.61 bits per heavy atom. The van der Waals surface area contributed by atoms with Gasteiger partial charge in [-0.2, -0.15) is 5.26 Å². The van der Waals surface area contributed by atoms with E-state index in [0.29, 0.717) is 17.3 Å². The van der Waals surface area contributed by atoms with Crippen molar-refractivity contribution in [1.82, 2.24) is 10.3 Å². The number of amides is 1. The van der Waals surface area contributed by atoms with Crippen LogP contribution in [0.3, 0.4) is 0 Å². The SMILES string of the molecule is CSc1ccc(-c2oc(-c3ccccc3)nc2C2CCC(F)(F)CC2C(=O)NCC#N)cc1. The van der Waals surface area contributed by atoms with E-state index in [1.54, 1.807) is 11.8 Å². The number of thioether (sulfide) groups is 1. The average molecular weight is 468 g/mol. The van der Waals surface area contributed by atoms with Gasteiger partial charge < -0.3 is 9.73 Å². The molecule has 1 saturated carbocycles. The summed E-state index contributed by atoms with van der Waals surface area (Å²) in [6.07, 6.45) is 1.15. The van der Waals surface area contributed by atoms with Gasteiger partial charge in [-0.3, -0.25) is 4.79 Å². The van der Waals surface area contributed by atoms with E-state index in [2.05, 4.69) is 5.32 Å². The lowest BCUT2D eigenvalue weighted by atomic mass is 9.74. The summed E-state index contributed by atoms with van der Waals surface area (Å²) >= 11 is 1.61. The van der Waals surface area contributed by atoms with Gasteiger partial charge in [0.2, 0.25) is 17.7 Å². The number of hydrogen-bond acceptors (Lipinski definition) is 5. The maximum absolute atomic E-state index is 14.3. The Kier molecular flexibility index (Phi) is 6.80. The van der Waals surface area contributed by atoms with Gasteiger partial charge in [-0.05, 0) is 36.9 Å². The molecule has 1 N–H and O–H groups in total. The van der Waals surface area contributed by atoms with Crippen LogP contribution in [-0.2, 0) is 4.79 Å². The minimum Gasteiger partial charge on any atom is -0.436 e. The molecule has 8 heteroatoms. The van der Waals surface area contributed by atoms with Gasteiger partial charge in [0.05, 0.1) is 17.7 Å². The van der Waals surface area contributed by atoms with E-state index in [0.717, 1.165) is 16.0 Å². The molecule has 0 aliphatic heterocycles. The van der Waals surface area contributed by atoms with E-state index in [-0.39, 0.29) is 19.4 Å². The first-order valence-electron chi connectivity index (χ1n) is 10.6. The highest BCUT2D eigenvalue weighted by molar-refractivity contribution is 7.98. The molecule has 5 nitrogen and oxygen atoms in total. The summed E-state index contributed by atoms with van der Waals surface area (Å²) in [5, 5.41) is 11.3. The van der Waals surface area contributed by atoms with Gasteiger partial charge in [-0.15, -0.1) is 11.8 Å². The highest BCUT2D eigenvalue weighted by atomic mass is 32.2. The summed E-state index contributed by atoms with van der Waals surface area (Å²) in [7, 11) is 0. The van der Waals surface area contributed by atoms with Crippen LogP contribution in [0.15, 0.2) is 63.9 Å². The highest BCUT2D eigenvalue weighted by Crippen LogP contribution is 2.47. The van der Waals surface area contributed by atoms with Crippen molar-refractivity contribution in [2.45, 2.75) is 36.0 Å². The second-order valence-electron chi connectivity index (χ2n) is 8.02. The van der Waals surface area contributed by atoms with Gasteiger partial charge >= 0.3 is 0 Å². The lowest BCUT2D eigenvalue weighted by molar-refractivity contribution is -0.133. The quantitative estimate of drug-likeness (QED) is 0.361. The fourth-order valence-electron chi connectivity index (χ4n) is 4.23. The van der Waals surface area contributed by atoms with Crippen molar-refractivity contribution in [3.63, 3.8) is 0 Å². The third kappa shape index (κ3) is 5.09. The van der Waals surface area contributed by atoms with Crippen molar-refractivity contribution in [3.8, 4) is 28.8 Å². The number of carbonyl (C=O) groups is 1. The Morgan fingerprint density at radius 1 is 1.21 bits per heavy atom. The smallest absolute Gasteiger partial charge is 0.249 e. The minimum absolute atomic E-state index is 0.0916. The van der Waals surface area contributed by atoms with E-state index in [4.69, 9.17) is 14.7 Å². The molecule has 0 bridgehead atoms. The second kappa shape index (κ2) is 9.75. The van der Waals surface area contributed by atoms with Gasteiger partial charge in [0.25, 0.3) is 0 Å². The van der Waals surface area contributed by atoms with Crippen LogP contribution in [0.1, 0.15) is 30.9 Å². The van der Waals surface area contributed by atoms with E-state index in [9.17, 15) is 13.6 Å². The number of carbonyl (C=O) groups excluding carboxylic acids is 1. The van der Waals surface area contributed by atoms with E-state index in [1.165, 1.54) is 0 Å². The molecular formula is C25H23F2N3O2S. The monoisotopic (exact) mass is 467 g/mol. The first kappa shape index (κ1) is 23.0. The molecule has 2 aromatic carbocycles. The third-order valence-corrected chi connectivity index (χ3v) is 6.62. The Balaban J connectivity index is 1.80. The standard InChI is InChI=1S/C25H23F2N3O2S/c1-33-18-9-7-16(8-10-18)22-21(30-24(32-22)17-5-3-2-4-6-17)19-11-12-25(26,27)15-20(19)23(31)29-14-13-28/h2-10,19-20H,11-12,14-15H2,1H3,(H,29,31). The molecule has 0 radical (unpaired) electrons. The van der Waals surface area contributed by atoms with E-state index < -0.39 is 30.1 Å². The van der Waals surface area contributed by atoms with Crippen molar-refractivity contribution in [1.29, 1.82) is 5.26 Å². The topological polar surface area (TPSA) is 78.9 Å². The molecule has 170 valence electrons. The molecule has 3 aromatic rings. The van der Waals surface area contributed by atoms with Gasteiger partial charge in [-0.25, -0.2) is 13.8 Å². The molecule has 33 heavy (non-hydrogen) atoms. The summed E-state index contributed by atoms with van der Waals surface area (Å²) in [5.74, 6) is -4.22. The number of alkyl halides is 2. The van der Waals surface area contributed by atoms with Crippen LogP contribution in [0.2, 0.25) is 0 Å². The Hall–Kier alpha value is -3.18. The summed E-state index contributed by atoms with van der Waals surface area (Å²) in [6, 6.07) is 18.9. The zero-order valence-electron chi connectivity index (χ0n) is 18.1. The predicted octanol–water partition coefficient (Wildman–Crippen LogP) is 5.89. The summed E-state index contributed by atoms with van der Waals surface area (Å²) in [4.78, 5) is 18.6. The Bertz CT molecular complexity index is 1160. The van der Waals surface area contributed by atoms with Gasteiger partial charge in [-0.1, -0.05) is 30.3 Å². The number of oxazole rings is 1. The fraction of sp³-hybridized carbons (Fsp3) is 0.320. The lowest BCUT2D eigenvalue weighted by Gasteiger charge is -2.34. The van der Waals surface area contributed by atoms with Gasteiger partial charge in [0.1, 0.15) is 6.54 Å². The number of hydrogen-bond donors (Lipinski definition) is 1. The number of halogens is 2. The van der Waals surface area contributed by atoms with Crippen molar-refractivity contribution in [3.05, 3.63) is 60.3 Å². The Labute approximate surface area is 195 Å². The van der Waals surface area contributed by atoms with Crippen LogP contribution in [-0.4, -0.2) is 29.6 Å². The maximum Gasteiger partial charge on any atom is 0.249 e. The Morgan fingerprint density at radius 2 is 1.94 bits per heavy atom. The first-order chi connectivity index (χ1) is 15.9. The fourth-order valence-corrected chi connectivity index (χ4v) is 4.64. The van der Waals surface area contributed by atoms with E-state index in [1.807, 2.05) is 66.9 Å².